The van der Waals surface area contributed by atoms with Crippen LogP contribution in [-0.4, -0.2) is 41.1 Å². The van der Waals surface area contributed by atoms with Crippen LogP contribution in [0.15, 0.2) is 60.7 Å². The molecular weight excluding hydrogens is 470 g/mol. The Hall–Kier alpha value is -4.45. The van der Waals surface area contributed by atoms with Gasteiger partial charge in [0.05, 0.1) is 0 Å². The normalized spacial score (nSPS) is 14.8. The number of benzene rings is 3. The monoisotopic (exact) mass is 492 g/mol. The fourth-order valence-corrected chi connectivity index (χ4v) is 4.11. The van der Waals surface area contributed by atoms with Crippen molar-refractivity contribution in [2.24, 2.45) is 0 Å². The van der Waals surface area contributed by atoms with Crippen LogP contribution in [0.4, 0.5) is 8.78 Å². The second-order valence-electron chi connectivity index (χ2n) is 8.22. The Morgan fingerprint density at radius 2 is 1.81 bits per heavy atom. The van der Waals surface area contributed by atoms with Crippen LogP contribution in [0.3, 0.4) is 0 Å². The van der Waals surface area contributed by atoms with Gasteiger partial charge in [0.25, 0.3) is 5.91 Å². The standard InChI is InChI=1S/C27H22F2N2O5/c28-22-14-21(25(15-23(22)29)35-12-10-30)18-6-8-20(9-7-18)36-16-17-3-1-4-19(13-17)26(32)31-11-2-5-24(31)27(33)34/h1,3-4,6-9,13-15,24H,2,5,11-12,16H2,(H,33,34)/t24-/m0/s1. The van der Waals surface area contributed by atoms with Gasteiger partial charge < -0.3 is 19.5 Å². The SMILES string of the molecule is N#CCOc1cc(F)c(F)cc1-c1ccc(OCc2cccc(C(=O)N3CCC[C@H]3C(=O)O)c2)cc1. The van der Waals surface area contributed by atoms with Crippen LogP contribution in [0.5, 0.6) is 11.5 Å². The molecule has 0 saturated carbocycles. The van der Waals surface area contributed by atoms with Gasteiger partial charge in [-0.25, -0.2) is 13.6 Å². The van der Waals surface area contributed by atoms with Crippen molar-refractivity contribution in [2.75, 3.05) is 13.2 Å². The molecule has 1 fully saturated rings. The number of carboxylic acids is 1. The Morgan fingerprint density at radius 1 is 1.06 bits per heavy atom. The van der Waals surface area contributed by atoms with Gasteiger partial charge in [-0.15, -0.1) is 0 Å². The fraction of sp³-hybridized carbons (Fsp3) is 0.222. The molecule has 3 aromatic carbocycles. The zero-order valence-electron chi connectivity index (χ0n) is 19.1. The number of carbonyl (C=O) groups excluding carboxylic acids is 1. The largest absolute Gasteiger partial charge is 0.489 e. The molecule has 0 unspecified atom stereocenters. The van der Waals surface area contributed by atoms with Crippen LogP contribution in [0, 0.1) is 23.0 Å². The first kappa shape index (κ1) is 24.7. The Morgan fingerprint density at radius 3 is 2.53 bits per heavy atom. The highest BCUT2D eigenvalue weighted by molar-refractivity contribution is 5.97. The molecule has 1 amide bonds. The molecule has 4 rings (SSSR count). The first-order chi connectivity index (χ1) is 17.4. The number of halogens is 2. The summed E-state index contributed by atoms with van der Waals surface area (Å²) in [5.41, 5.74) is 1.95. The summed E-state index contributed by atoms with van der Waals surface area (Å²) < 4.78 is 38.5. The molecule has 1 saturated heterocycles. The van der Waals surface area contributed by atoms with Gasteiger partial charge in [0.1, 0.15) is 30.2 Å². The van der Waals surface area contributed by atoms with E-state index < -0.39 is 23.6 Å². The lowest BCUT2D eigenvalue weighted by molar-refractivity contribution is -0.141. The number of nitriles is 1. The number of hydrogen-bond donors (Lipinski definition) is 1. The number of carbonyl (C=O) groups is 2. The third kappa shape index (κ3) is 5.44. The molecule has 36 heavy (non-hydrogen) atoms. The van der Waals surface area contributed by atoms with E-state index >= 15 is 0 Å². The molecule has 1 aliphatic heterocycles. The van der Waals surface area contributed by atoms with Gasteiger partial charge in [-0.2, -0.15) is 5.26 Å². The van der Waals surface area contributed by atoms with Crippen molar-refractivity contribution in [3.05, 3.63) is 83.4 Å². The highest BCUT2D eigenvalue weighted by Gasteiger charge is 2.34. The first-order valence-electron chi connectivity index (χ1n) is 11.2. The summed E-state index contributed by atoms with van der Waals surface area (Å²) >= 11 is 0. The number of amides is 1. The molecule has 184 valence electrons. The van der Waals surface area contributed by atoms with Crippen molar-refractivity contribution in [3.8, 4) is 28.7 Å². The van der Waals surface area contributed by atoms with Crippen molar-refractivity contribution in [2.45, 2.75) is 25.5 Å². The maximum Gasteiger partial charge on any atom is 0.326 e. The summed E-state index contributed by atoms with van der Waals surface area (Å²) in [6.07, 6.45) is 1.09. The van der Waals surface area contributed by atoms with Crippen LogP contribution >= 0.6 is 0 Å². The summed E-state index contributed by atoms with van der Waals surface area (Å²) in [6.45, 7) is 0.254. The number of carboxylic acid groups (broad SMARTS) is 1. The van der Waals surface area contributed by atoms with E-state index in [0.717, 1.165) is 17.7 Å². The fourth-order valence-electron chi connectivity index (χ4n) is 4.11. The number of aliphatic carboxylic acids is 1. The van der Waals surface area contributed by atoms with E-state index in [9.17, 15) is 23.5 Å². The van der Waals surface area contributed by atoms with Crippen LogP contribution in [0.1, 0.15) is 28.8 Å². The van der Waals surface area contributed by atoms with E-state index in [4.69, 9.17) is 14.7 Å². The molecule has 0 aromatic heterocycles. The van der Waals surface area contributed by atoms with Crippen LogP contribution < -0.4 is 9.47 Å². The molecule has 0 radical (unpaired) electrons. The van der Waals surface area contributed by atoms with Crippen LogP contribution in [-0.2, 0) is 11.4 Å². The lowest BCUT2D eigenvalue weighted by Gasteiger charge is -2.21. The summed E-state index contributed by atoms with van der Waals surface area (Å²) in [5, 5.41) is 18.1. The summed E-state index contributed by atoms with van der Waals surface area (Å²) in [4.78, 5) is 25.6. The average Bonchev–Trinajstić information content (AvgIpc) is 3.38. The van der Waals surface area contributed by atoms with Crippen molar-refractivity contribution in [3.63, 3.8) is 0 Å². The Kier molecular flexibility index (Phi) is 7.44. The molecular formula is C27H22F2N2O5. The molecule has 0 bridgehead atoms. The highest BCUT2D eigenvalue weighted by atomic mass is 19.2. The summed E-state index contributed by atoms with van der Waals surface area (Å²) in [7, 11) is 0. The van der Waals surface area contributed by atoms with Crippen molar-refractivity contribution in [1.29, 1.82) is 5.26 Å². The minimum atomic E-state index is -1.07. The lowest BCUT2D eigenvalue weighted by Crippen LogP contribution is -2.40. The van der Waals surface area contributed by atoms with Gasteiger partial charge in [-0.1, -0.05) is 24.3 Å². The maximum atomic E-state index is 13.8. The molecule has 7 nitrogen and oxygen atoms in total. The Bertz CT molecular complexity index is 1320. The predicted octanol–water partition coefficient (Wildman–Crippen LogP) is 4.80. The average molecular weight is 492 g/mol. The Balaban J connectivity index is 1.45. The van der Waals surface area contributed by atoms with Gasteiger partial charge in [-0.05, 0) is 54.3 Å². The van der Waals surface area contributed by atoms with E-state index in [-0.39, 0.29) is 24.9 Å². The molecule has 0 spiro atoms. The van der Waals surface area contributed by atoms with E-state index in [1.807, 2.05) is 0 Å². The second-order valence-corrected chi connectivity index (χ2v) is 8.22. The molecule has 1 aliphatic rings. The predicted molar refractivity (Wildman–Crippen MR) is 125 cm³/mol. The smallest absolute Gasteiger partial charge is 0.326 e. The third-order valence-corrected chi connectivity index (χ3v) is 5.86. The molecule has 1 N–H and O–H groups in total. The van der Waals surface area contributed by atoms with Gasteiger partial charge in [-0.3, -0.25) is 4.79 Å². The highest BCUT2D eigenvalue weighted by Crippen LogP contribution is 2.33. The van der Waals surface area contributed by atoms with Crippen molar-refractivity contribution < 1.29 is 33.0 Å². The molecule has 0 aliphatic carbocycles. The van der Waals surface area contributed by atoms with Gasteiger partial charge in [0, 0.05) is 23.7 Å². The molecule has 1 heterocycles. The van der Waals surface area contributed by atoms with Gasteiger partial charge >= 0.3 is 5.97 Å². The molecule has 9 heteroatoms. The van der Waals surface area contributed by atoms with Crippen LogP contribution in [0.25, 0.3) is 11.1 Å². The number of hydrogen-bond acceptors (Lipinski definition) is 5. The molecule has 3 aromatic rings. The number of nitrogens with zero attached hydrogens (tertiary/aromatic N) is 2. The van der Waals surface area contributed by atoms with Gasteiger partial charge in [0.2, 0.25) is 0 Å². The summed E-state index contributed by atoms with van der Waals surface area (Å²) in [6, 6.07) is 16.3. The van der Waals surface area contributed by atoms with E-state index in [1.54, 1.807) is 54.6 Å². The van der Waals surface area contributed by atoms with E-state index in [1.165, 1.54) is 4.90 Å². The van der Waals surface area contributed by atoms with E-state index in [0.29, 0.717) is 41.8 Å². The minimum absolute atomic E-state index is 0.0498. The maximum absolute atomic E-state index is 13.8. The lowest BCUT2D eigenvalue weighted by atomic mass is 10.0. The van der Waals surface area contributed by atoms with Crippen molar-refractivity contribution >= 4 is 11.9 Å². The van der Waals surface area contributed by atoms with Crippen LogP contribution in [0.2, 0.25) is 0 Å². The minimum Gasteiger partial charge on any atom is -0.489 e. The number of rotatable bonds is 8. The number of likely N-dealkylation sites (tertiary alicyclic amines) is 1. The molecule has 1 atom stereocenters. The quantitative estimate of drug-likeness (QED) is 0.485. The zero-order chi connectivity index (χ0) is 25.7. The topological polar surface area (TPSA) is 99.9 Å². The number of ether oxygens (including phenoxy) is 2. The third-order valence-electron chi connectivity index (χ3n) is 5.86. The Labute approximate surface area is 206 Å². The summed E-state index contributed by atoms with van der Waals surface area (Å²) in [5.74, 6) is -2.89. The van der Waals surface area contributed by atoms with Crippen molar-refractivity contribution in [1.82, 2.24) is 4.90 Å². The van der Waals surface area contributed by atoms with Gasteiger partial charge in [0.15, 0.2) is 18.2 Å². The van der Waals surface area contributed by atoms with E-state index in [2.05, 4.69) is 0 Å². The zero-order valence-corrected chi connectivity index (χ0v) is 19.1. The first-order valence-corrected chi connectivity index (χ1v) is 11.2. The second kappa shape index (κ2) is 10.9.